The number of alkyl halides is 6. The summed E-state index contributed by atoms with van der Waals surface area (Å²) in [5, 5.41) is 24.3. The number of nitrogens with one attached hydrogen (secondary N) is 2. The van der Waals surface area contributed by atoms with Crippen LogP contribution >= 0.6 is 0 Å². The molecule has 1 aromatic heterocycles. The van der Waals surface area contributed by atoms with Crippen molar-refractivity contribution in [2.45, 2.75) is 37.4 Å². The lowest BCUT2D eigenvalue weighted by Crippen LogP contribution is -2.47. The molecule has 2 N–H and O–H groups in total. The fourth-order valence-electron chi connectivity index (χ4n) is 9.69. The summed E-state index contributed by atoms with van der Waals surface area (Å²) in [5.74, 6) is -2.59. The molecule has 9 rings (SSSR count). The lowest BCUT2D eigenvalue weighted by atomic mass is 9.94. The number of anilines is 2. The molecular weight excluding hydrogens is 1050 g/mol. The molecule has 0 aliphatic carbocycles. The first kappa shape index (κ1) is 53.7. The summed E-state index contributed by atoms with van der Waals surface area (Å²) < 4.78 is 119. The number of pyridine rings is 1. The molecule has 2 atom stereocenters. The Hall–Kier alpha value is -9.07. The average Bonchev–Trinajstić information content (AvgIpc) is 4.00. The standard InChI is InChI=1S/C53H42F6N10O8S/c54-52(55,56)37-4-1-6-39(26-37)68-41-30-66(48(71)43(41)45(62-50(68)73)34-12-8-32(28-60)9-13-34)23-21-65(47(70)36-16-19-64(20-17-36)18-3-25-78(75,76)77)22-24-67-31-42-44(49(67)72)46(35-14-10-33(29-61)11-15-35)63-51(74)69(42)40-7-2-5-38(27-40)53(57,58)59/h1-2,4-17,19-20,26-27,45-46H,3,18,21-25,30-31H2,(H2-,62,63,73,74,75,76,77)/t45-,46-/m1/s1. The maximum Gasteiger partial charge on any atom is 0.416 e. The van der Waals surface area contributed by atoms with Gasteiger partial charge in [0.25, 0.3) is 17.7 Å². The van der Waals surface area contributed by atoms with Gasteiger partial charge in [0.1, 0.15) is 6.54 Å². The van der Waals surface area contributed by atoms with Crippen LogP contribution in [0.2, 0.25) is 0 Å². The van der Waals surface area contributed by atoms with Gasteiger partial charge in [-0.2, -0.15) is 36.9 Å². The highest BCUT2D eigenvalue weighted by atomic mass is 32.2. The summed E-state index contributed by atoms with van der Waals surface area (Å²) in [6, 6.07) is 22.7. The zero-order chi connectivity index (χ0) is 55.8. The lowest BCUT2D eigenvalue weighted by molar-refractivity contribution is -0.696. The number of benzene rings is 4. The minimum Gasteiger partial charge on any atom is -0.748 e. The summed E-state index contributed by atoms with van der Waals surface area (Å²) in [5.41, 5.74) is -1.10. The van der Waals surface area contributed by atoms with Gasteiger partial charge in [-0.25, -0.2) is 22.6 Å². The molecule has 18 nitrogen and oxygen atoms in total. The number of carbonyl (C=O) groups is 5. The second kappa shape index (κ2) is 21.2. The normalized spacial score (nSPS) is 17.7. The van der Waals surface area contributed by atoms with E-state index >= 15 is 0 Å². The number of hydrogen-bond donors (Lipinski definition) is 2. The van der Waals surface area contributed by atoms with E-state index in [0.717, 1.165) is 46.2 Å². The summed E-state index contributed by atoms with van der Waals surface area (Å²) >= 11 is 0. The Balaban J connectivity index is 1.03. The van der Waals surface area contributed by atoms with Gasteiger partial charge in [0.2, 0.25) is 0 Å². The molecule has 4 aliphatic rings. The first-order chi connectivity index (χ1) is 37.0. The van der Waals surface area contributed by atoms with Gasteiger partial charge in [-0.05, 0) is 71.8 Å². The smallest absolute Gasteiger partial charge is 0.416 e. The molecule has 400 valence electrons. The third-order valence-corrected chi connectivity index (χ3v) is 14.3. The molecule has 0 spiro atoms. The molecular formula is C53H42F6N10O8S. The lowest BCUT2D eigenvalue weighted by Gasteiger charge is -2.34. The largest absolute Gasteiger partial charge is 0.748 e. The number of nitriles is 2. The van der Waals surface area contributed by atoms with Crippen molar-refractivity contribution < 1.29 is 67.9 Å². The maximum atomic E-state index is 14.7. The Labute approximate surface area is 441 Å². The van der Waals surface area contributed by atoms with Crippen molar-refractivity contribution >= 4 is 51.3 Å². The van der Waals surface area contributed by atoms with Gasteiger partial charge in [-0.15, -0.1) is 0 Å². The van der Waals surface area contributed by atoms with Gasteiger partial charge in [0.05, 0.1) is 109 Å². The molecule has 5 heterocycles. The second-order valence-electron chi connectivity index (χ2n) is 18.4. The first-order valence-electron chi connectivity index (χ1n) is 23.9. The van der Waals surface area contributed by atoms with Crippen molar-refractivity contribution in [3.63, 3.8) is 0 Å². The Kier molecular flexibility index (Phi) is 14.6. The number of amides is 7. The van der Waals surface area contributed by atoms with Crippen LogP contribution in [-0.4, -0.2) is 102 Å². The molecule has 4 aromatic carbocycles. The molecule has 0 unspecified atom stereocenters. The molecule has 0 bridgehead atoms. The van der Waals surface area contributed by atoms with E-state index in [-0.39, 0.29) is 103 Å². The minimum absolute atomic E-state index is 0.00314. The Morgan fingerprint density at radius 1 is 0.667 bits per heavy atom. The highest BCUT2D eigenvalue weighted by molar-refractivity contribution is 7.85. The van der Waals surface area contributed by atoms with E-state index in [1.54, 1.807) is 0 Å². The predicted molar refractivity (Wildman–Crippen MR) is 262 cm³/mol. The summed E-state index contributed by atoms with van der Waals surface area (Å²) in [4.78, 5) is 77.9. The molecule has 25 heteroatoms. The van der Waals surface area contributed by atoms with E-state index < -0.39 is 81.2 Å². The van der Waals surface area contributed by atoms with Crippen LogP contribution in [-0.2, 0) is 38.6 Å². The maximum absolute atomic E-state index is 14.7. The minimum atomic E-state index is -4.80. The second-order valence-corrected chi connectivity index (χ2v) is 19.9. The van der Waals surface area contributed by atoms with Crippen molar-refractivity contribution in [2.75, 3.05) is 54.8 Å². The van der Waals surface area contributed by atoms with Crippen LogP contribution < -0.4 is 25.0 Å². The van der Waals surface area contributed by atoms with E-state index in [2.05, 4.69) is 10.6 Å². The number of aryl methyl sites for hydroxylation is 1. The topological polar surface area (TPSA) is 234 Å². The summed E-state index contributed by atoms with van der Waals surface area (Å²) in [6.45, 7) is -1.63. The van der Waals surface area contributed by atoms with Crippen LogP contribution in [0.3, 0.4) is 0 Å². The van der Waals surface area contributed by atoms with Gasteiger partial charge in [0.15, 0.2) is 12.4 Å². The fourth-order valence-corrected chi connectivity index (χ4v) is 10.2. The van der Waals surface area contributed by atoms with Crippen molar-refractivity contribution in [3.8, 4) is 12.1 Å². The average molecular weight is 1090 g/mol. The van der Waals surface area contributed by atoms with Crippen LogP contribution in [0, 0.1) is 22.7 Å². The van der Waals surface area contributed by atoms with E-state index in [1.807, 2.05) is 12.1 Å². The van der Waals surface area contributed by atoms with E-state index in [0.29, 0.717) is 11.1 Å². The first-order valence-corrected chi connectivity index (χ1v) is 25.4. The Morgan fingerprint density at radius 2 is 1.09 bits per heavy atom. The SMILES string of the molecule is N#Cc1ccc([C@H]2NC(=O)N(c3cccc(C(F)(F)F)c3)C3=C2C(=O)N(CCN(CCN2CC4=C(C2=O)[C@@H](c2ccc(C#N)cc2)NC(=O)N4c2cccc(C(F)(F)F)c2)C(=O)c2cc[n+](CCCS(=O)(=O)[O-])cc2)C3)cc1. The van der Waals surface area contributed by atoms with E-state index in [1.165, 1.54) is 104 Å². The number of carbonyl (C=O) groups excluding carboxylic acids is 5. The van der Waals surface area contributed by atoms with Crippen molar-refractivity contribution in [3.05, 3.63) is 183 Å². The highest BCUT2D eigenvalue weighted by Gasteiger charge is 2.47. The van der Waals surface area contributed by atoms with Crippen LogP contribution in [0.5, 0.6) is 0 Å². The monoisotopic (exact) mass is 1090 g/mol. The fraction of sp³-hybridized carbons (Fsp3) is 0.245. The zero-order valence-electron chi connectivity index (χ0n) is 40.6. The Bertz CT molecular complexity index is 3340. The van der Waals surface area contributed by atoms with Gasteiger partial charge >= 0.3 is 24.4 Å². The van der Waals surface area contributed by atoms with Gasteiger partial charge in [-0.1, -0.05) is 36.4 Å². The van der Waals surface area contributed by atoms with Gasteiger partial charge in [0, 0.05) is 50.5 Å². The van der Waals surface area contributed by atoms with Crippen LogP contribution in [0.15, 0.2) is 144 Å². The van der Waals surface area contributed by atoms with Crippen molar-refractivity contribution in [2.24, 2.45) is 0 Å². The van der Waals surface area contributed by atoms with Crippen LogP contribution in [0.25, 0.3) is 0 Å². The summed E-state index contributed by atoms with van der Waals surface area (Å²) in [7, 11) is -4.50. The molecule has 0 fully saturated rings. The third-order valence-electron chi connectivity index (χ3n) is 13.5. The van der Waals surface area contributed by atoms with Crippen LogP contribution in [0.4, 0.5) is 47.3 Å². The molecule has 78 heavy (non-hydrogen) atoms. The highest BCUT2D eigenvalue weighted by Crippen LogP contribution is 2.42. The molecule has 0 saturated heterocycles. The van der Waals surface area contributed by atoms with Gasteiger partial charge < -0.3 is 29.9 Å². The number of halogens is 6. The molecule has 5 aromatic rings. The molecule has 7 amide bonds. The number of hydrogen-bond acceptors (Lipinski definition) is 10. The number of nitrogens with zero attached hydrogens (tertiary/aromatic N) is 8. The van der Waals surface area contributed by atoms with Crippen molar-refractivity contribution in [1.29, 1.82) is 10.5 Å². The quantitative estimate of drug-likeness (QED) is 0.0678. The Morgan fingerprint density at radius 3 is 1.47 bits per heavy atom. The zero-order valence-corrected chi connectivity index (χ0v) is 41.4. The number of urea groups is 2. The number of aromatic nitrogens is 1. The van der Waals surface area contributed by atoms with E-state index in [9.17, 15) is 73.8 Å². The molecule has 0 saturated carbocycles. The van der Waals surface area contributed by atoms with Crippen LogP contribution in [0.1, 0.15) is 62.2 Å². The van der Waals surface area contributed by atoms with Gasteiger partial charge in [-0.3, -0.25) is 24.2 Å². The number of rotatable bonds is 15. The molecule has 0 radical (unpaired) electrons. The predicted octanol–water partition coefficient (Wildman–Crippen LogP) is 6.27. The van der Waals surface area contributed by atoms with Crippen molar-refractivity contribution in [1.82, 2.24) is 25.3 Å². The summed E-state index contributed by atoms with van der Waals surface area (Å²) in [6.07, 6.45) is -6.68. The van der Waals surface area contributed by atoms with E-state index in [4.69, 9.17) is 0 Å². The third kappa shape index (κ3) is 11.1. The molecule has 4 aliphatic heterocycles.